The van der Waals surface area contributed by atoms with E-state index in [9.17, 15) is 25.2 Å². The van der Waals surface area contributed by atoms with Gasteiger partial charge in [0.2, 0.25) is 0 Å². The second-order valence-electron chi connectivity index (χ2n) is 14.4. The van der Waals surface area contributed by atoms with Crippen LogP contribution < -0.4 is 0 Å². The molecule has 0 spiro atoms. The minimum absolute atomic E-state index is 0.0865. The summed E-state index contributed by atoms with van der Waals surface area (Å²) in [6.07, 6.45) is 38.4. The highest BCUT2D eigenvalue weighted by Crippen LogP contribution is 2.22. The van der Waals surface area contributed by atoms with Crippen LogP contribution in [0.25, 0.3) is 0 Å². The monoisotopic (exact) mass is 763 g/mol. The molecule has 1 aliphatic heterocycles. The Morgan fingerprint density at radius 1 is 0.593 bits per heavy atom. The number of aliphatic hydroxyl groups is 4. The number of aliphatic hydroxyl groups excluding tert-OH is 4. The fourth-order valence-corrected chi connectivity index (χ4v) is 6.15. The van der Waals surface area contributed by atoms with E-state index in [1.807, 2.05) is 6.08 Å². The van der Waals surface area contributed by atoms with E-state index in [4.69, 9.17) is 18.9 Å². The Hall–Kier alpha value is -2.11. The Labute approximate surface area is 328 Å². The molecule has 0 aromatic rings. The van der Waals surface area contributed by atoms with Crippen molar-refractivity contribution in [2.75, 3.05) is 26.4 Å². The Balaban J connectivity index is 2.35. The second kappa shape index (κ2) is 36.5. The number of carbonyl (C=O) groups excluding carboxylic acids is 1. The summed E-state index contributed by atoms with van der Waals surface area (Å²) < 4.78 is 22.6. The molecule has 54 heavy (non-hydrogen) atoms. The number of unbranched alkanes of at least 4 members (excludes halogenated alkanes) is 15. The van der Waals surface area contributed by atoms with Gasteiger partial charge < -0.3 is 39.4 Å². The van der Waals surface area contributed by atoms with Gasteiger partial charge in [0.25, 0.3) is 0 Å². The Kier molecular flexibility index (Phi) is 33.8. The number of hydrogen-bond acceptors (Lipinski definition) is 9. The standard InChI is InChI=1S/C45H78O9/c1-3-5-7-9-11-13-15-17-19-21-23-25-27-29-31-33-35-51-37-39(38-52-45-44(50)43(49)42(48)40(36-46)54-45)53-41(47)34-32-30-28-26-24-22-20-18-16-14-12-10-8-6-4-2/h6,8,12,14,18,20,24,26,30,32,39-40,42-46,48-50H,3-5,7,9-11,13,15-17,19,21-23,25,27-29,31,33-38H2,1-2H3/b8-6-,14-12-,20-18-,26-24-,32-30-. The van der Waals surface area contributed by atoms with Gasteiger partial charge in [-0.3, -0.25) is 4.79 Å². The van der Waals surface area contributed by atoms with Crippen molar-refractivity contribution >= 4 is 5.97 Å². The van der Waals surface area contributed by atoms with Crippen molar-refractivity contribution < 1.29 is 44.2 Å². The van der Waals surface area contributed by atoms with E-state index in [-0.39, 0.29) is 19.6 Å². The SMILES string of the molecule is CC/C=C\C/C=C\C/C=C\C/C=C\C/C=C\CC(=O)OC(COCCCCCCCCCCCCCCCCCC)COC1OC(CO)C(O)C(O)C1O. The molecule has 312 valence electrons. The number of rotatable bonds is 35. The molecule has 1 rings (SSSR count). The van der Waals surface area contributed by atoms with Crippen LogP contribution in [0.5, 0.6) is 0 Å². The van der Waals surface area contributed by atoms with E-state index in [2.05, 4.69) is 62.5 Å². The smallest absolute Gasteiger partial charge is 0.310 e. The highest BCUT2D eigenvalue weighted by molar-refractivity contribution is 5.71. The fraction of sp³-hybridized carbons (Fsp3) is 0.756. The lowest BCUT2D eigenvalue weighted by Crippen LogP contribution is -2.59. The summed E-state index contributed by atoms with van der Waals surface area (Å²) in [4.78, 5) is 12.7. The molecule has 0 radical (unpaired) electrons. The van der Waals surface area contributed by atoms with Crippen LogP contribution in [0.2, 0.25) is 0 Å². The third-order valence-electron chi connectivity index (χ3n) is 9.48. The number of hydrogen-bond donors (Lipinski definition) is 4. The van der Waals surface area contributed by atoms with Gasteiger partial charge >= 0.3 is 5.97 Å². The van der Waals surface area contributed by atoms with E-state index in [1.54, 1.807) is 6.08 Å². The summed E-state index contributed by atoms with van der Waals surface area (Å²) in [5.41, 5.74) is 0. The lowest BCUT2D eigenvalue weighted by Gasteiger charge is -2.39. The van der Waals surface area contributed by atoms with Crippen molar-refractivity contribution in [3.05, 3.63) is 60.8 Å². The van der Waals surface area contributed by atoms with Crippen LogP contribution in [0, 0.1) is 0 Å². The van der Waals surface area contributed by atoms with Gasteiger partial charge in [0.05, 0.1) is 26.2 Å². The molecule has 0 saturated carbocycles. The molecule has 0 aromatic heterocycles. The largest absolute Gasteiger partial charge is 0.457 e. The van der Waals surface area contributed by atoms with E-state index in [0.717, 1.165) is 38.5 Å². The molecule has 0 bridgehead atoms. The first-order chi connectivity index (χ1) is 26.4. The lowest BCUT2D eigenvalue weighted by atomic mass is 9.99. The van der Waals surface area contributed by atoms with Gasteiger partial charge in [-0.15, -0.1) is 0 Å². The number of ether oxygens (including phenoxy) is 4. The third-order valence-corrected chi connectivity index (χ3v) is 9.48. The quantitative estimate of drug-likeness (QED) is 0.0283. The minimum atomic E-state index is -1.55. The summed E-state index contributed by atoms with van der Waals surface area (Å²) in [6, 6.07) is 0. The van der Waals surface area contributed by atoms with Crippen LogP contribution in [0.4, 0.5) is 0 Å². The zero-order chi connectivity index (χ0) is 39.3. The van der Waals surface area contributed by atoms with E-state index in [1.165, 1.54) is 89.9 Å². The summed E-state index contributed by atoms with van der Waals surface area (Å²) in [7, 11) is 0. The predicted molar refractivity (Wildman–Crippen MR) is 219 cm³/mol. The first-order valence-corrected chi connectivity index (χ1v) is 21.4. The van der Waals surface area contributed by atoms with Crippen LogP contribution in [0.3, 0.4) is 0 Å². The number of carbonyl (C=O) groups is 1. The first-order valence-electron chi connectivity index (χ1n) is 21.4. The molecule has 9 heteroatoms. The number of allylic oxidation sites excluding steroid dienone is 9. The molecule has 9 nitrogen and oxygen atoms in total. The van der Waals surface area contributed by atoms with Gasteiger partial charge in [0.1, 0.15) is 30.5 Å². The van der Waals surface area contributed by atoms with Crippen molar-refractivity contribution in [3.63, 3.8) is 0 Å². The molecular formula is C45H78O9. The van der Waals surface area contributed by atoms with Crippen molar-refractivity contribution in [2.45, 2.75) is 192 Å². The highest BCUT2D eigenvalue weighted by atomic mass is 16.7. The second-order valence-corrected chi connectivity index (χ2v) is 14.4. The molecule has 1 heterocycles. The van der Waals surface area contributed by atoms with Crippen LogP contribution in [0.1, 0.15) is 155 Å². The molecular weight excluding hydrogens is 684 g/mol. The van der Waals surface area contributed by atoms with Crippen LogP contribution in [-0.2, 0) is 23.7 Å². The maximum atomic E-state index is 12.7. The van der Waals surface area contributed by atoms with E-state index >= 15 is 0 Å². The number of esters is 1. The molecule has 1 aliphatic rings. The van der Waals surface area contributed by atoms with Gasteiger partial charge in [-0.2, -0.15) is 0 Å². The zero-order valence-electron chi connectivity index (χ0n) is 34.0. The molecule has 1 fully saturated rings. The molecule has 0 aromatic carbocycles. The maximum Gasteiger partial charge on any atom is 0.310 e. The summed E-state index contributed by atoms with van der Waals surface area (Å²) in [5, 5.41) is 40.0. The average molecular weight is 763 g/mol. The van der Waals surface area contributed by atoms with Crippen molar-refractivity contribution in [3.8, 4) is 0 Å². The van der Waals surface area contributed by atoms with Crippen molar-refractivity contribution in [2.24, 2.45) is 0 Å². The Morgan fingerprint density at radius 2 is 1.06 bits per heavy atom. The van der Waals surface area contributed by atoms with E-state index in [0.29, 0.717) is 13.0 Å². The van der Waals surface area contributed by atoms with Crippen molar-refractivity contribution in [1.29, 1.82) is 0 Å². The fourth-order valence-electron chi connectivity index (χ4n) is 6.15. The zero-order valence-corrected chi connectivity index (χ0v) is 34.0. The van der Waals surface area contributed by atoms with Gasteiger partial charge in [-0.25, -0.2) is 0 Å². The van der Waals surface area contributed by atoms with Gasteiger partial charge in [0.15, 0.2) is 6.29 Å². The first kappa shape index (κ1) is 49.9. The third kappa shape index (κ3) is 27.5. The van der Waals surface area contributed by atoms with Gasteiger partial charge in [-0.05, 0) is 38.5 Å². The molecule has 0 aliphatic carbocycles. The molecule has 6 unspecified atom stereocenters. The van der Waals surface area contributed by atoms with Crippen molar-refractivity contribution in [1.82, 2.24) is 0 Å². The van der Waals surface area contributed by atoms with Crippen LogP contribution >= 0.6 is 0 Å². The normalized spacial score (nSPS) is 21.5. The predicted octanol–water partition coefficient (Wildman–Crippen LogP) is 9.13. The van der Waals surface area contributed by atoms with Gasteiger partial charge in [-0.1, -0.05) is 171 Å². The summed E-state index contributed by atoms with van der Waals surface area (Å²) in [6.45, 7) is 4.32. The summed E-state index contributed by atoms with van der Waals surface area (Å²) >= 11 is 0. The molecule has 6 atom stereocenters. The van der Waals surface area contributed by atoms with Crippen LogP contribution in [-0.4, -0.2) is 89.6 Å². The lowest BCUT2D eigenvalue weighted by molar-refractivity contribution is -0.305. The topological polar surface area (TPSA) is 135 Å². The van der Waals surface area contributed by atoms with E-state index < -0.39 is 49.4 Å². The Bertz CT molecular complexity index is 1010. The Morgan fingerprint density at radius 3 is 1.54 bits per heavy atom. The molecule has 0 amide bonds. The summed E-state index contributed by atoms with van der Waals surface area (Å²) in [5.74, 6) is -0.440. The average Bonchev–Trinajstić information content (AvgIpc) is 3.17. The van der Waals surface area contributed by atoms with Gasteiger partial charge in [0, 0.05) is 6.61 Å². The maximum absolute atomic E-state index is 12.7. The molecule has 1 saturated heterocycles. The minimum Gasteiger partial charge on any atom is -0.457 e. The highest BCUT2D eigenvalue weighted by Gasteiger charge is 2.44. The van der Waals surface area contributed by atoms with Crippen LogP contribution in [0.15, 0.2) is 60.8 Å². The molecule has 4 N–H and O–H groups in total.